The zero-order valence-corrected chi connectivity index (χ0v) is 26.3. The summed E-state index contributed by atoms with van der Waals surface area (Å²) in [6, 6.07) is 18.3. The van der Waals surface area contributed by atoms with E-state index < -0.39 is 23.3 Å². The Bertz CT molecular complexity index is 2250. The van der Waals surface area contributed by atoms with Crippen molar-refractivity contribution in [3.63, 3.8) is 0 Å². The Morgan fingerprint density at radius 3 is 2.43 bits per heavy atom. The Kier molecular flexibility index (Phi) is 9.31. The number of methoxy groups -OCH3 is 1. The first-order chi connectivity index (χ1) is 22.6. The van der Waals surface area contributed by atoms with Gasteiger partial charge in [0, 0.05) is 52.1 Å². The molecule has 3 aromatic carbocycles. The van der Waals surface area contributed by atoms with E-state index >= 15 is 0 Å². The van der Waals surface area contributed by atoms with Gasteiger partial charge >= 0.3 is 17.9 Å². The van der Waals surface area contributed by atoms with E-state index in [9.17, 15) is 29.4 Å². The number of aromatic nitrogens is 1. The molecule has 0 unspecified atom stereocenters. The molecule has 13 heteroatoms. The van der Waals surface area contributed by atoms with E-state index in [-0.39, 0.29) is 45.3 Å². The van der Waals surface area contributed by atoms with E-state index in [1.807, 2.05) is 0 Å². The number of ether oxygens (including phenoxy) is 1. The number of nitrogens with zero attached hydrogens (tertiary/aromatic N) is 1. The molecule has 238 valence electrons. The zero-order chi connectivity index (χ0) is 34.0. The van der Waals surface area contributed by atoms with Crippen LogP contribution in [-0.4, -0.2) is 46.6 Å². The summed E-state index contributed by atoms with van der Waals surface area (Å²) in [5, 5.41) is 23.5. The van der Waals surface area contributed by atoms with Gasteiger partial charge in [-0.25, -0.2) is 19.4 Å². The average molecular weight is 674 g/mol. The van der Waals surface area contributed by atoms with Gasteiger partial charge in [-0.15, -0.1) is 11.6 Å². The van der Waals surface area contributed by atoms with Gasteiger partial charge in [-0.05, 0) is 54.1 Å². The first-order valence-corrected chi connectivity index (χ1v) is 14.9. The standard InChI is InChI=1S/C33H22ClN3O8.CH3Cl/c1-44-33(43)17-7-5-16(31(39)40)11-19(17)28-18-8-9-23(35)21(30(18)45-27-13-26(38)22(34)12-20(27)28)14-36-24-4-2-3-15-6-10-25(32(41)42)37-29(15)24;1-2/h2-13,36H,14,35H2,1H3,(H,39,40)(H,41,42);1H3. The summed E-state index contributed by atoms with van der Waals surface area (Å²) in [6.45, 7) is 0.0760. The summed E-state index contributed by atoms with van der Waals surface area (Å²) in [5.41, 5.74) is 8.75. The van der Waals surface area contributed by atoms with Gasteiger partial charge in [0.25, 0.3) is 0 Å². The first kappa shape index (κ1) is 32.7. The Morgan fingerprint density at radius 2 is 1.72 bits per heavy atom. The molecular weight excluding hydrogens is 649 g/mol. The number of hydrogen-bond acceptors (Lipinski definition) is 9. The van der Waals surface area contributed by atoms with Crippen LogP contribution in [0.2, 0.25) is 5.02 Å². The highest BCUT2D eigenvalue weighted by atomic mass is 35.5. The Labute approximate surface area is 276 Å². The number of carbonyl (C=O) groups is 3. The predicted molar refractivity (Wildman–Crippen MR) is 180 cm³/mol. The largest absolute Gasteiger partial charge is 0.478 e. The van der Waals surface area contributed by atoms with Crippen LogP contribution in [0.15, 0.2) is 82.0 Å². The van der Waals surface area contributed by atoms with Crippen LogP contribution < -0.4 is 16.5 Å². The molecule has 0 fully saturated rings. The number of halogens is 2. The number of nitrogens with one attached hydrogen (secondary N) is 1. The molecule has 2 aliphatic rings. The van der Waals surface area contributed by atoms with E-state index in [1.54, 1.807) is 36.4 Å². The fourth-order valence-electron chi connectivity index (χ4n) is 5.26. The molecule has 0 saturated heterocycles. The molecule has 5 N–H and O–H groups in total. The van der Waals surface area contributed by atoms with Gasteiger partial charge in [-0.3, -0.25) is 4.79 Å². The number of carboxylic acids is 2. The number of aromatic carboxylic acids is 2. The van der Waals surface area contributed by atoms with Crippen molar-refractivity contribution in [2.45, 2.75) is 6.54 Å². The minimum atomic E-state index is -1.22. The number of carboxylic acid groups (broad SMARTS) is 2. The first-order valence-electron chi connectivity index (χ1n) is 13.8. The third-order valence-corrected chi connectivity index (χ3v) is 7.71. The van der Waals surface area contributed by atoms with Crippen LogP contribution in [0.3, 0.4) is 0 Å². The minimum absolute atomic E-state index is 0.0752. The van der Waals surface area contributed by atoms with Gasteiger partial charge < -0.3 is 30.4 Å². The van der Waals surface area contributed by atoms with Gasteiger partial charge in [0.15, 0.2) is 0 Å². The van der Waals surface area contributed by atoms with E-state index in [4.69, 9.17) is 26.5 Å². The summed E-state index contributed by atoms with van der Waals surface area (Å²) in [7, 11) is 1.21. The van der Waals surface area contributed by atoms with Gasteiger partial charge in [0.2, 0.25) is 5.43 Å². The molecule has 6 rings (SSSR count). The number of rotatable bonds is 7. The summed E-state index contributed by atoms with van der Waals surface area (Å²) < 4.78 is 11.3. The van der Waals surface area contributed by atoms with Crippen LogP contribution in [0.4, 0.5) is 11.4 Å². The summed E-state index contributed by atoms with van der Waals surface area (Å²) in [5.74, 6) is -2.98. The van der Waals surface area contributed by atoms with Crippen molar-refractivity contribution in [2.24, 2.45) is 0 Å². The number of fused-ring (bicyclic) bond motifs is 3. The van der Waals surface area contributed by atoms with Gasteiger partial charge in [-0.2, -0.15) is 0 Å². The van der Waals surface area contributed by atoms with Crippen LogP contribution >= 0.6 is 23.2 Å². The van der Waals surface area contributed by atoms with Crippen molar-refractivity contribution in [3.8, 4) is 22.5 Å². The van der Waals surface area contributed by atoms with E-state index in [0.717, 1.165) is 0 Å². The predicted octanol–water partition coefficient (Wildman–Crippen LogP) is 7.00. The molecule has 0 saturated carbocycles. The smallest absolute Gasteiger partial charge is 0.354 e. The molecule has 0 radical (unpaired) electrons. The lowest BCUT2D eigenvalue weighted by Gasteiger charge is -2.20. The molecule has 47 heavy (non-hydrogen) atoms. The molecule has 11 nitrogen and oxygen atoms in total. The number of esters is 1. The number of anilines is 2. The maximum Gasteiger partial charge on any atom is 0.354 e. The number of alkyl halides is 1. The fourth-order valence-corrected chi connectivity index (χ4v) is 5.43. The topological polar surface area (TPSA) is 182 Å². The number of benzene rings is 4. The molecule has 1 aliphatic carbocycles. The SMILES string of the molecule is CCl.COC(=O)c1ccc(C(=O)O)cc1-c1c2cc(Cl)c(=O)cc-2oc2c(CNc3cccc4ccc(C(=O)O)nc34)c(N)ccc12. The van der Waals surface area contributed by atoms with Crippen molar-refractivity contribution < 1.29 is 33.8 Å². The Hall–Kier alpha value is -5.65. The van der Waals surface area contributed by atoms with Gasteiger partial charge in [0.1, 0.15) is 17.0 Å². The third kappa shape index (κ3) is 6.14. The molecule has 1 aromatic heterocycles. The van der Waals surface area contributed by atoms with Gasteiger partial charge in [0.05, 0.1) is 34.5 Å². The Morgan fingerprint density at radius 1 is 0.957 bits per heavy atom. The molecule has 4 aromatic rings. The molecule has 0 amide bonds. The number of hydrogen-bond donors (Lipinski definition) is 4. The lowest BCUT2D eigenvalue weighted by Crippen LogP contribution is -2.09. The molecular formula is C34H25Cl2N3O8. The maximum atomic E-state index is 12.9. The molecule has 1 aliphatic heterocycles. The molecule has 0 atom stereocenters. The number of nitrogens with two attached hydrogens (primary N) is 1. The van der Waals surface area contributed by atoms with Gasteiger partial charge in [-0.1, -0.05) is 29.8 Å². The van der Waals surface area contributed by atoms with E-state index in [0.29, 0.717) is 44.4 Å². The molecule has 2 heterocycles. The number of para-hydroxylation sites is 1. The quantitative estimate of drug-likeness (QED) is 0.0592. The highest BCUT2D eigenvalue weighted by Crippen LogP contribution is 2.44. The van der Waals surface area contributed by atoms with Crippen LogP contribution in [0, 0.1) is 0 Å². The zero-order valence-electron chi connectivity index (χ0n) is 24.8. The normalized spacial score (nSPS) is 10.8. The van der Waals surface area contributed by atoms with Crippen LogP contribution in [0.25, 0.3) is 44.3 Å². The molecule has 0 spiro atoms. The highest BCUT2D eigenvalue weighted by molar-refractivity contribution is 6.31. The van der Waals surface area contributed by atoms with Crippen molar-refractivity contribution in [2.75, 3.05) is 24.5 Å². The minimum Gasteiger partial charge on any atom is -0.478 e. The summed E-state index contributed by atoms with van der Waals surface area (Å²) in [4.78, 5) is 53.3. The monoisotopic (exact) mass is 673 g/mol. The Balaban J connectivity index is 0.00000213. The van der Waals surface area contributed by atoms with Crippen molar-refractivity contribution in [1.82, 2.24) is 4.98 Å². The number of nitrogen functional groups attached to an aromatic ring is 1. The van der Waals surface area contributed by atoms with Crippen molar-refractivity contribution in [1.29, 1.82) is 0 Å². The maximum absolute atomic E-state index is 12.9. The second kappa shape index (κ2) is 13.4. The van der Waals surface area contributed by atoms with Crippen molar-refractivity contribution in [3.05, 3.63) is 110 Å². The third-order valence-electron chi connectivity index (χ3n) is 7.42. The average Bonchev–Trinajstić information content (AvgIpc) is 3.07. The second-order valence-electron chi connectivity index (χ2n) is 10.1. The number of carbonyl (C=O) groups excluding carboxylic acids is 1. The summed E-state index contributed by atoms with van der Waals surface area (Å²) in [6.07, 6.45) is 1.47. The fraction of sp³-hybridized carbons (Fsp3) is 0.0882. The van der Waals surface area contributed by atoms with E-state index in [1.165, 1.54) is 49.9 Å². The highest BCUT2D eigenvalue weighted by Gasteiger charge is 2.26. The van der Waals surface area contributed by atoms with Crippen LogP contribution in [-0.2, 0) is 11.3 Å². The number of pyridine rings is 1. The van der Waals surface area contributed by atoms with Crippen LogP contribution in [0.1, 0.15) is 36.8 Å². The summed E-state index contributed by atoms with van der Waals surface area (Å²) >= 11 is 10.9. The lowest BCUT2D eigenvalue weighted by atomic mass is 9.88. The lowest BCUT2D eigenvalue weighted by molar-refractivity contribution is 0.0598. The second-order valence-corrected chi connectivity index (χ2v) is 10.5. The van der Waals surface area contributed by atoms with Crippen LogP contribution in [0.5, 0.6) is 0 Å². The molecule has 0 bridgehead atoms. The van der Waals surface area contributed by atoms with Crippen molar-refractivity contribution >= 4 is 74.4 Å². The van der Waals surface area contributed by atoms with E-state index in [2.05, 4.69) is 21.9 Å².